The molecule has 24 heavy (non-hydrogen) atoms. The molecule has 6 heteroatoms. The molecular formula is C18H18ClNO4. The molecule has 0 aliphatic carbocycles. The molecule has 0 radical (unpaired) electrons. The highest BCUT2D eigenvalue weighted by Crippen LogP contribution is 2.27. The van der Waals surface area contributed by atoms with Crippen LogP contribution in [0.25, 0.3) is 0 Å². The number of hydrogen-bond acceptors (Lipinski definition) is 4. The van der Waals surface area contributed by atoms with Crippen LogP contribution in [0, 0.1) is 13.8 Å². The molecule has 2 rings (SSSR count). The van der Waals surface area contributed by atoms with Crippen LogP contribution in [0.2, 0.25) is 5.02 Å². The fraction of sp³-hybridized carbons (Fsp3) is 0.222. The van der Waals surface area contributed by atoms with Crippen LogP contribution in [-0.2, 0) is 14.3 Å². The Morgan fingerprint density at radius 2 is 1.88 bits per heavy atom. The van der Waals surface area contributed by atoms with Gasteiger partial charge < -0.3 is 15.2 Å². The Labute approximate surface area is 145 Å². The summed E-state index contributed by atoms with van der Waals surface area (Å²) >= 11 is 6.11. The Morgan fingerprint density at radius 3 is 2.50 bits per heavy atom. The molecule has 126 valence electrons. The van der Waals surface area contributed by atoms with Crippen LogP contribution >= 0.6 is 11.6 Å². The van der Waals surface area contributed by atoms with Crippen molar-refractivity contribution in [2.45, 2.75) is 20.0 Å². The lowest BCUT2D eigenvalue weighted by Crippen LogP contribution is -2.24. The van der Waals surface area contributed by atoms with Crippen molar-refractivity contribution >= 4 is 29.2 Å². The number of carbonyl (C=O) groups excluding carboxylic acids is 2. The zero-order valence-corrected chi connectivity index (χ0v) is 14.1. The van der Waals surface area contributed by atoms with Gasteiger partial charge in [0.25, 0.3) is 5.91 Å². The summed E-state index contributed by atoms with van der Waals surface area (Å²) in [5.41, 5.74) is 2.67. The van der Waals surface area contributed by atoms with E-state index in [0.717, 1.165) is 11.1 Å². The number of aliphatic hydroxyl groups is 1. The third-order valence-electron chi connectivity index (χ3n) is 3.38. The Hall–Kier alpha value is -2.37. The largest absolute Gasteiger partial charge is 0.453 e. The van der Waals surface area contributed by atoms with Crippen LogP contribution < -0.4 is 5.32 Å². The number of rotatable bonds is 5. The van der Waals surface area contributed by atoms with Gasteiger partial charge in [0.2, 0.25) is 0 Å². The second-order valence-electron chi connectivity index (χ2n) is 5.41. The number of benzene rings is 2. The van der Waals surface area contributed by atoms with E-state index in [9.17, 15) is 14.7 Å². The van der Waals surface area contributed by atoms with Gasteiger partial charge in [-0.25, -0.2) is 4.79 Å². The van der Waals surface area contributed by atoms with Gasteiger partial charge in [-0.1, -0.05) is 48.0 Å². The van der Waals surface area contributed by atoms with Gasteiger partial charge in [-0.15, -0.1) is 0 Å². The molecule has 0 heterocycles. The van der Waals surface area contributed by atoms with E-state index in [1.807, 2.05) is 19.9 Å². The van der Waals surface area contributed by atoms with Crippen molar-refractivity contribution in [3.05, 3.63) is 64.2 Å². The third-order valence-corrected chi connectivity index (χ3v) is 3.68. The van der Waals surface area contributed by atoms with Crippen LogP contribution in [0.3, 0.4) is 0 Å². The number of amides is 1. The van der Waals surface area contributed by atoms with E-state index >= 15 is 0 Å². The zero-order valence-electron chi connectivity index (χ0n) is 13.4. The van der Waals surface area contributed by atoms with E-state index in [4.69, 9.17) is 16.3 Å². The highest BCUT2D eigenvalue weighted by Gasteiger charge is 2.20. The molecule has 2 aromatic rings. The lowest BCUT2D eigenvalue weighted by molar-refractivity contribution is -0.156. The Balaban J connectivity index is 1.93. The first-order valence-electron chi connectivity index (χ1n) is 7.34. The van der Waals surface area contributed by atoms with Gasteiger partial charge in [-0.3, -0.25) is 4.79 Å². The average Bonchev–Trinajstić information content (AvgIpc) is 2.56. The maximum atomic E-state index is 11.9. The normalized spacial score (nSPS) is 11.7. The van der Waals surface area contributed by atoms with Gasteiger partial charge in [-0.05, 0) is 36.6 Å². The van der Waals surface area contributed by atoms with Crippen LogP contribution in [0.5, 0.6) is 0 Å². The van der Waals surface area contributed by atoms with Gasteiger partial charge in [0.15, 0.2) is 12.7 Å². The molecule has 0 bridgehead atoms. The summed E-state index contributed by atoms with van der Waals surface area (Å²) in [7, 11) is 0. The topological polar surface area (TPSA) is 75.6 Å². The SMILES string of the molecule is Cc1cc(C)c(NC(=O)COC(=O)[C@@H](O)c2ccccc2)c(Cl)c1. The first-order valence-corrected chi connectivity index (χ1v) is 7.72. The fourth-order valence-electron chi connectivity index (χ4n) is 2.24. The summed E-state index contributed by atoms with van der Waals surface area (Å²) in [6.45, 7) is 3.21. The predicted octanol–water partition coefficient (Wildman–Crippen LogP) is 3.17. The summed E-state index contributed by atoms with van der Waals surface area (Å²) in [5, 5.41) is 12.9. The number of esters is 1. The van der Waals surface area contributed by atoms with Crippen molar-refractivity contribution in [2.75, 3.05) is 11.9 Å². The van der Waals surface area contributed by atoms with Crippen LogP contribution in [-0.4, -0.2) is 23.6 Å². The van der Waals surface area contributed by atoms with Gasteiger partial charge in [0.1, 0.15) is 0 Å². The molecule has 0 spiro atoms. The molecule has 0 aliphatic rings. The van der Waals surface area contributed by atoms with Crippen molar-refractivity contribution in [1.29, 1.82) is 0 Å². The Bertz CT molecular complexity index is 723. The molecule has 0 saturated carbocycles. The Kier molecular flexibility index (Phi) is 5.95. The standard InChI is InChI=1S/C18H18ClNO4/c1-11-8-12(2)16(14(19)9-11)20-15(21)10-24-18(23)17(22)13-6-4-3-5-7-13/h3-9,17,22H,10H2,1-2H3,(H,20,21)/t17-/m0/s1. The minimum atomic E-state index is -1.43. The average molecular weight is 348 g/mol. The molecule has 5 nitrogen and oxygen atoms in total. The molecule has 0 aliphatic heterocycles. The van der Waals surface area contributed by atoms with Gasteiger partial charge in [0, 0.05) is 0 Å². The van der Waals surface area contributed by atoms with Crippen LogP contribution in [0.1, 0.15) is 22.8 Å². The second kappa shape index (κ2) is 7.95. The van der Waals surface area contributed by atoms with Gasteiger partial charge >= 0.3 is 5.97 Å². The smallest absolute Gasteiger partial charge is 0.340 e. The maximum absolute atomic E-state index is 11.9. The van der Waals surface area contributed by atoms with Crippen molar-refractivity contribution in [3.63, 3.8) is 0 Å². The quantitative estimate of drug-likeness (QED) is 0.814. The molecule has 1 atom stereocenters. The molecule has 0 fully saturated rings. The first kappa shape index (κ1) is 18.0. The third kappa shape index (κ3) is 4.57. The van der Waals surface area contributed by atoms with E-state index < -0.39 is 24.6 Å². The number of anilines is 1. The van der Waals surface area contributed by atoms with Crippen molar-refractivity contribution in [1.82, 2.24) is 0 Å². The zero-order chi connectivity index (χ0) is 17.7. The summed E-state index contributed by atoms with van der Waals surface area (Å²) in [5.74, 6) is -1.42. The maximum Gasteiger partial charge on any atom is 0.340 e. The summed E-state index contributed by atoms with van der Waals surface area (Å²) in [4.78, 5) is 23.7. The highest BCUT2D eigenvalue weighted by atomic mass is 35.5. The number of hydrogen-bond donors (Lipinski definition) is 2. The highest BCUT2D eigenvalue weighted by molar-refractivity contribution is 6.34. The lowest BCUT2D eigenvalue weighted by atomic mass is 10.1. The van der Waals surface area contributed by atoms with Crippen molar-refractivity contribution in [2.24, 2.45) is 0 Å². The first-order chi connectivity index (χ1) is 11.4. The number of aliphatic hydroxyl groups excluding tert-OH is 1. The van der Waals surface area contributed by atoms with E-state index in [1.54, 1.807) is 36.4 Å². The number of nitrogens with one attached hydrogen (secondary N) is 1. The van der Waals surface area contributed by atoms with Crippen LogP contribution in [0.15, 0.2) is 42.5 Å². The number of halogens is 1. The van der Waals surface area contributed by atoms with Crippen LogP contribution in [0.4, 0.5) is 5.69 Å². The lowest BCUT2D eigenvalue weighted by Gasteiger charge is -2.13. The van der Waals surface area contributed by atoms with E-state index in [2.05, 4.69) is 5.32 Å². The molecule has 2 aromatic carbocycles. The Morgan fingerprint density at radius 1 is 1.21 bits per heavy atom. The minimum absolute atomic E-state index is 0.403. The van der Waals surface area contributed by atoms with Crippen molar-refractivity contribution in [3.8, 4) is 0 Å². The van der Waals surface area contributed by atoms with E-state index in [1.165, 1.54) is 0 Å². The summed E-state index contributed by atoms with van der Waals surface area (Å²) in [6, 6.07) is 12.0. The summed E-state index contributed by atoms with van der Waals surface area (Å²) < 4.78 is 4.85. The van der Waals surface area contributed by atoms with Crippen molar-refractivity contribution < 1.29 is 19.4 Å². The molecule has 0 aromatic heterocycles. The molecular weight excluding hydrogens is 330 g/mol. The monoisotopic (exact) mass is 347 g/mol. The van der Waals surface area contributed by atoms with E-state index in [-0.39, 0.29) is 0 Å². The van der Waals surface area contributed by atoms with Gasteiger partial charge in [-0.2, -0.15) is 0 Å². The molecule has 1 amide bonds. The van der Waals surface area contributed by atoms with E-state index in [0.29, 0.717) is 16.3 Å². The minimum Gasteiger partial charge on any atom is -0.453 e. The number of carbonyl (C=O) groups is 2. The number of aryl methyl sites for hydroxylation is 2. The number of ether oxygens (including phenoxy) is 1. The molecule has 0 saturated heterocycles. The second-order valence-corrected chi connectivity index (χ2v) is 5.81. The fourth-order valence-corrected chi connectivity index (χ4v) is 2.60. The predicted molar refractivity (Wildman–Crippen MR) is 91.9 cm³/mol. The molecule has 0 unspecified atom stereocenters. The molecule has 2 N–H and O–H groups in total. The summed E-state index contributed by atoms with van der Waals surface area (Å²) in [6.07, 6.45) is -1.43. The van der Waals surface area contributed by atoms with Gasteiger partial charge in [0.05, 0.1) is 10.7 Å².